The molecule has 0 aliphatic rings. The molecule has 1 unspecified atom stereocenters. The first-order valence-electron chi connectivity index (χ1n) is 5.96. The molecule has 0 bridgehead atoms. The lowest BCUT2D eigenvalue weighted by atomic mass is 10.2. The van der Waals surface area contributed by atoms with Crippen molar-refractivity contribution in [2.45, 2.75) is 12.5 Å². The van der Waals surface area contributed by atoms with Crippen molar-refractivity contribution in [3.8, 4) is 5.75 Å². The number of hydrogen-bond donors (Lipinski definition) is 1. The molecule has 0 amide bonds. The number of halogens is 1. The SMILES string of the molecule is CNC(COc1ccc(Cl)cc1)Cc1nnn(C)n1. The topological polar surface area (TPSA) is 64.9 Å². The van der Waals surface area contributed by atoms with E-state index in [4.69, 9.17) is 16.3 Å². The van der Waals surface area contributed by atoms with Crippen LogP contribution in [0.1, 0.15) is 5.82 Å². The van der Waals surface area contributed by atoms with Crippen molar-refractivity contribution in [3.63, 3.8) is 0 Å². The quantitative estimate of drug-likeness (QED) is 0.858. The van der Waals surface area contributed by atoms with Crippen LogP contribution in [0.2, 0.25) is 5.02 Å². The van der Waals surface area contributed by atoms with Crippen LogP contribution < -0.4 is 10.1 Å². The van der Waals surface area contributed by atoms with Crippen molar-refractivity contribution >= 4 is 11.6 Å². The number of nitrogens with one attached hydrogen (secondary N) is 1. The predicted octanol–water partition coefficient (Wildman–Crippen LogP) is 1.07. The molecule has 0 radical (unpaired) electrons. The molecule has 0 fully saturated rings. The summed E-state index contributed by atoms with van der Waals surface area (Å²) in [6.07, 6.45) is 0.665. The van der Waals surface area contributed by atoms with Gasteiger partial charge in [-0.3, -0.25) is 0 Å². The van der Waals surface area contributed by atoms with Crippen molar-refractivity contribution in [3.05, 3.63) is 35.1 Å². The number of aromatic nitrogens is 4. The van der Waals surface area contributed by atoms with E-state index < -0.39 is 0 Å². The van der Waals surface area contributed by atoms with Crippen LogP contribution in [0, 0.1) is 0 Å². The fraction of sp³-hybridized carbons (Fsp3) is 0.417. The number of likely N-dealkylation sites (N-methyl/N-ethyl adjacent to an activating group) is 1. The van der Waals surface area contributed by atoms with Gasteiger partial charge in [0.25, 0.3) is 0 Å². The zero-order valence-electron chi connectivity index (χ0n) is 10.9. The first-order chi connectivity index (χ1) is 9.17. The third kappa shape index (κ3) is 4.18. The highest BCUT2D eigenvalue weighted by Gasteiger charge is 2.12. The fourth-order valence-electron chi connectivity index (χ4n) is 1.60. The van der Waals surface area contributed by atoms with Gasteiger partial charge in [0.15, 0.2) is 5.82 Å². The number of hydrogen-bond acceptors (Lipinski definition) is 5. The van der Waals surface area contributed by atoms with Gasteiger partial charge in [0.1, 0.15) is 12.4 Å². The Kier molecular flexibility index (Phi) is 4.70. The maximum absolute atomic E-state index is 5.82. The second kappa shape index (κ2) is 6.49. The van der Waals surface area contributed by atoms with Crippen LogP contribution in [-0.4, -0.2) is 39.9 Å². The highest BCUT2D eigenvalue weighted by atomic mass is 35.5. The van der Waals surface area contributed by atoms with E-state index in [1.165, 1.54) is 4.80 Å². The number of ether oxygens (including phenoxy) is 1. The molecule has 1 aromatic carbocycles. The molecule has 2 rings (SSSR count). The molecule has 0 aliphatic carbocycles. The van der Waals surface area contributed by atoms with Gasteiger partial charge in [-0.05, 0) is 36.5 Å². The summed E-state index contributed by atoms with van der Waals surface area (Å²) >= 11 is 5.82. The molecule has 1 heterocycles. The molecule has 0 spiro atoms. The predicted molar refractivity (Wildman–Crippen MR) is 72.3 cm³/mol. The van der Waals surface area contributed by atoms with Crippen LogP contribution in [0.5, 0.6) is 5.75 Å². The normalized spacial score (nSPS) is 12.4. The van der Waals surface area contributed by atoms with E-state index >= 15 is 0 Å². The molecule has 2 aromatic rings. The summed E-state index contributed by atoms with van der Waals surface area (Å²) in [5.41, 5.74) is 0. The molecule has 0 saturated carbocycles. The summed E-state index contributed by atoms with van der Waals surface area (Å²) in [7, 11) is 3.63. The van der Waals surface area contributed by atoms with Crippen molar-refractivity contribution < 1.29 is 4.74 Å². The Morgan fingerprint density at radius 3 is 2.68 bits per heavy atom. The lowest BCUT2D eigenvalue weighted by Crippen LogP contribution is -2.34. The standard InChI is InChI=1S/C12H16ClN5O/c1-14-10(7-12-15-17-18(2)16-12)8-19-11-5-3-9(13)4-6-11/h3-6,10,14H,7-8H2,1-2H3. The Labute approximate surface area is 116 Å². The molecular formula is C12H16ClN5O. The lowest BCUT2D eigenvalue weighted by molar-refractivity contribution is 0.268. The molecule has 0 aliphatic heterocycles. The van der Waals surface area contributed by atoms with Crippen molar-refractivity contribution in [1.82, 2.24) is 25.5 Å². The smallest absolute Gasteiger partial charge is 0.176 e. The first kappa shape index (κ1) is 13.8. The minimum atomic E-state index is 0.125. The van der Waals surface area contributed by atoms with Gasteiger partial charge in [0.05, 0.1) is 7.05 Å². The van der Waals surface area contributed by atoms with Gasteiger partial charge < -0.3 is 10.1 Å². The first-order valence-corrected chi connectivity index (χ1v) is 6.33. The van der Waals surface area contributed by atoms with Crippen molar-refractivity contribution in [2.24, 2.45) is 7.05 Å². The van der Waals surface area contributed by atoms with E-state index in [1.54, 1.807) is 19.2 Å². The maximum Gasteiger partial charge on any atom is 0.176 e. The summed E-state index contributed by atoms with van der Waals surface area (Å²) in [5, 5.41) is 15.8. The van der Waals surface area contributed by atoms with Gasteiger partial charge in [-0.15, -0.1) is 10.2 Å². The second-order valence-electron chi connectivity index (χ2n) is 4.15. The van der Waals surface area contributed by atoms with E-state index in [1.807, 2.05) is 19.2 Å². The monoisotopic (exact) mass is 281 g/mol. The van der Waals surface area contributed by atoms with Gasteiger partial charge >= 0.3 is 0 Å². The molecule has 102 valence electrons. The summed E-state index contributed by atoms with van der Waals surface area (Å²) in [6.45, 7) is 0.524. The van der Waals surface area contributed by atoms with Crippen LogP contribution in [0.4, 0.5) is 0 Å². The summed E-state index contributed by atoms with van der Waals surface area (Å²) in [6, 6.07) is 7.41. The van der Waals surface area contributed by atoms with Gasteiger partial charge in [-0.1, -0.05) is 11.6 Å². The highest BCUT2D eigenvalue weighted by molar-refractivity contribution is 6.30. The maximum atomic E-state index is 5.82. The molecule has 1 aromatic heterocycles. The molecule has 0 saturated heterocycles. The third-order valence-electron chi connectivity index (χ3n) is 2.65. The summed E-state index contributed by atoms with van der Waals surface area (Å²) in [4.78, 5) is 1.45. The van der Waals surface area contributed by atoms with Crippen LogP contribution >= 0.6 is 11.6 Å². The van der Waals surface area contributed by atoms with Crippen LogP contribution in [0.25, 0.3) is 0 Å². The van der Waals surface area contributed by atoms with Gasteiger partial charge in [0, 0.05) is 17.5 Å². The number of rotatable bonds is 6. The van der Waals surface area contributed by atoms with E-state index in [9.17, 15) is 0 Å². The molecule has 19 heavy (non-hydrogen) atoms. The molecular weight excluding hydrogens is 266 g/mol. The lowest BCUT2D eigenvalue weighted by Gasteiger charge is -2.15. The third-order valence-corrected chi connectivity index (χ3v) is 2.90. The molecule has 1 N–H and O–H groups in total. The fourth-order valence-corrected chi connectivity index (χ4v) is 1.72. The number of nitrogens with zero attached hydrogens (tertiary/aromatic N) is 4. The van der Waals surface area contributed by atoms with Crippen molar-refractivity contribution in [1.29, 1.82) is 0 Å². The van der Waals surface area contributed by atoms with E-state index in [-0.39, 0.29) is 6.04 Å². The van der Waals surface area contributed by atoms with Crippen LogP contribution in [0.3, 0.4) is 0 Å². The van der Waals surface area contributed by atoms with Crippen LogP contribution in [0.15, 0.2) is 24.3 Å². The van der Waals surface area contributed by atoms with Gasteiger partial charge in [-0.2, -0.15) is 4.80 Å². The summed E-state index contributed by atoms with van der Waals surface area (Å²) < 4.78 is 5.69. The van der Waals surface area contributed by atoms with Gasteiger partial charge in [0.2, 0.25) is 0 Å². The average molecular weight is 282 g/mol. The zero-order chi connectivity index (χ0) is 13.7. The summed E-state index contributed by atoms with van der Waals surface area (Å²) in [5.74, 6) is 1.48. The number of aryl methyl sites for hydroxylation is 1. The van der Waals surface area contributed by atoms with E-state index in [0.29, 0.717) is 23.9 Å². The number of tetrazole rings is 1. The van der Waals surface area contributed by atoms with E-state index in [0.717, 1.165) is 5.75 Å². The highest BCUT2D eigenvalue weighted by Crippen LogP contribution is 2.15. The van der Waals surface area contributed by atoms with Crippen LogP contribution in [-0.2, 0) is 13.5 Å². The zero-order valence-corrected chi connectivity index (χ0v) is 11.6. The Morgan fingerprint density at radius 2 is 2.11 bits per heavy atom. The van der Waals surface area contributed by atoms with Crippen molar-refractivity contribution in [2.75, 3.05) is 13.7 Å². The molecule has 7 heteroatoms. The molecule has 6 nitrogen and oxygen atoms in total. The Balaban J connectivity index is 1.87. The Morgan fingerprint density at radius 1 is 1.37 bits per heavy atom. The second-order valence-corrected chi connectivity index (χ2v) is 4.59. The average Bonchev–Trinajstić information content (AvgIpc) is 2.82. The molecule has 1 atom stereocenters. The largest absolute Gasteiger partial charge is 0.492 e. The van der Waals surface area contributed by atoms with Gasteiger partial charge in [-0.25, -0.2) is 0 Å². The Hall–Kier alpha value is -1.66. The van der Waals surface area contributed by atoms with E-state index in [2.05, 4.69) is 20.7 Å². The minimum Gasteiger partial charge on any atom is -0.492 e. The minimum absolute atomic E-state index is 0.125. The Bertz CT molecular complexity index is 513. The number of benzene rings is 1.